The van der Waals surface area contributed by atoms with E-state index in [-0.39, 0.29) is 17.5 Å². The predicted octanol–water partition coefficient (Wildman–Crippen LogP) is 3.97. The molecule has 3 N–H and O–H groups in total. The lowest BCUT2D eigenvalue weighted by Crippen LogP contribution is -2.53. The number of benzene rings is 2. The topological polar surface area (TPSA) is 81.7 Å². The van der Waals surface area contributed by atoms with Crippen molar-refractivity contribution in [2.24, 2.45) is 0 Å². The van der Waals surface area contributed by atoms with Gasteiger partial charge < -0.3 is 15.7 Å². The summed E-state index contributed by atoms with van der Waals surface area (Å²) in [7, 11) is 0. The first-order chi connectivity index (χ1) is 14.8. The summed E-state index contributed by atoms with van der Waals surface area (Å²) in [5.74, 6) is -1.98. The Labute approximate surface area is 179 Å². The zero-order valence-electron chi connectivity index (χ0n) is 17.1. The minimum absolute atomic E-state index is 0.146. The zero-order valence-corrected chi connectivity index (χ0v) is 17.1. The Morgan fingerprint density at radius 2 is 1.94 bits per heavy atom. The van der Waals surface area contributed by atoms with Crippen molar-refractivity contribution in [3.05, 3.63) is 95.0 Å². The largest absolute Gasteiger partial charge is 0.478 e. The molecule has 7 heteroatoms. The monoisotopic (exact) mass is 419 g/mol. The smallest absolute Gasteiger partial charge is 0.337 e. The number of halogens is 1. The number of nitrogens with zero attached hydrogens (tertiary/aromatic N) is 1. The van der Waals surface area contributed by atoms with Gasteiger partial charge >= 0.3 is 5.97 Å². The molecule has 2 aliphatic heterocycles. The number of nitrogens with one attached hydrogen (secondary N) is 2. The molecule has 2 heterocycles. The van der Waals surface area contributed by atoms with Gasteiger partial charge in [0, 0.05) is 29.7 Å². The van der Waals surface area contributed by atoms with Crippen LogP contribution in [0.1, 0.15) is 29.8 Å². The van der Waals surface area contributed by atoms with E-state index >= 15 is 0 Å². The molecule has 0 radical (unpaired) electrons. The average molecular weight is 419 g/mol. The van der Waals surface area contributed by atoms with Crippen molar-refractivity contribution in [1.82, 2.24) is 10.2 Å². The van der Waals surface area contributed by atoms with E-state index in [1.54, 1.807) is 17.2 Å². The molecule has 0 saturated heterocycles. The van der Waals surface area contributed by atoms with Crippen LogP contribution in [0.25, 0.3) is 5.70 Å². The summed E-state index contributed by atoms with van der Waals surface area (Å²) < 4.78 is 13.5. The molecule has 0 bridgehead atoms. The third-order valence-corrected chi connectivity index (χ3v) is 5.31. The van der Waals surface area contributed by atoms with Crippen molar-refractivity contribution < 1.29 is 19.1 Å². The summed E-state index contributed by atoms with van der Waals surface area (Å²) in [5.41, 5.74) is 3.52. The summed E-state index contributed by atoms with van der Waals surface area (Å²) in [5, 5.41) is 16.0. The molecule has 2 atom stereocenters. The van der Waals surface area contributed by atoms with Crippen molar-refractivity contribution in [3.8, 4) is 0 Å². The number of anilines is 1. The van der Waals surface area contributed by atoms with Crippen LogP contribution in [0.5, 0.6) is 0 Å². The van der Waals surface area contributed by atoms with Crippen molar-refractivity contribution in [3.63, 3.8) is 0 Å². The first-order valence-corrected chi connectivity index (χ1v) is 9.88. The molecule has 0 spiro atoms. The highest BCUT2D eigenvalue weighted by Gasteiger charge is 2.34. The lowest BCUT2D eigenvalue weighted by Gasteiger charge is -2.40. The Balaban J connectivity index is 1.65. The van der Waals surface area contributed by atoms with E-state index < -0.39 is 18.0 Å². The molecule has 2 aromatic carbocycles. The van der Waals surface area contributed by atoms with Crippen LogP contribution in [0.2, 0.25) is 0 Å². The minimum Gasteiger partial charge on any atom is -0.478 e. The third kappa shape index (κ3) is 4.07. The van der Waals surface area contributed by atoms with E-state index in [0.29, 0.717) is 11.4 Å². The molecule has 0 aliphatic carbocycles. The number of allylic oxidation sites excluding steroid dienone is 2. The number of aromatic carboxylic acids is 1. The molecule has 1 amide bonds. The Kier molecular flexibility index (Phi) is 5.33. The maximum atomic E-state index is 13.5. The first kappa shape index (κ1) is 20.4. The van der Waals surface area contributed by atoms with Crippen molar-refractivity contribution in [2.75, 3.05) is 5.32 Å². The molecule has 2 aromatic rings. The van der Waals surface area contributed by atoms with Crippen LogP contribution in [0, 0.1) is 5.82 Å². The van der Waals surface area contributed by atoms with E-state index in [0.717, 1.165) is 22.8 Å². The summed E-state index contributed by atoms with van der Waals surface area (Å²) >= 11 is 0. The van der Waals surface area contributed by atoms with Crippen LogP contribution in [0.15, 0.2) is 78.0 Å². The fourth-order valence-electron chi connectivity index (χ4n) is 3.85. The number of fused-ring (bicyclic) bond motifs is 1. The number of carbonyl (C=O) groups is 2. The van der Waals surface area contributed by atoms with Gasteiger partial charge in [-0.2, -0.15) is 0 Å². The van der Waals surface area contributed by atoms with E-state index in [1.165, 1.54) is 12.1 Å². The molecular weight excluding hydrogens is 397 g/mol. The predicted molar refractivity (Wildman–Crippen MR) is 116 cm³/mol. The van der Waals surface area contributed by atoms with Gasteiger partial charge in [0.2, 0.25) is 0 Å². The van der Waals surface area contributed by atoms with Gasteiger partial charge in [0.1, 0.15) is 12.0 Å². The van der Waals surface area contributed by atoms with Crippen LogP contribution in [0.4, 0.5) is 10.1 Å². The molecule has 1 unspecified atom stereocenters. The van der Waals surface area contributed by atoms with Crippen molar-refractivity contribution in [1.29, 1.82) is 0 Å². The first-order valence-electron chi connectivity index (χ1n) is 9.88. The second-order valence-corrected chi connectivity index (χ2v) is 7.59. The maximum Gasteiger partial charge on any atom is 0.337 e. The highest BCUT2D eigenvalue weighted by atomic mass is 19.1. The van der Waals surface area contributed by atoms with Crippen LogP contribution >= 0.6 is 0 Å². The van der Waals surface area contributed by atoms with E-state index in [4.69, 9.17) is 0 Å². The lowest BCUT2D eigenvalue weighted by atomic mass is 9.95. The van der Waals surface area contributed by atoms with Gasteiger partial charge in [-0.1, -0.05) is 36.4 Å². The number of carbonyl (C=O) groups excluding carboxylic acids is 1. The number of hydrogen-bond acceptors (Lipinski definition) is 4. The van der Waals surface area contributed by atoms with Crippen LogP contribution in [-0.4, -0.2) is 34.1 Å². The van der Waals surface area contributed by atoms with Gasteiger partial charge in [-0.3, -0.25) is 9.69 Å². The fraction of sp³-hybridized carbons (Fsp3) is 0.167. The van der Waals surface area contributed by atoms with Crippen LogP contribution in [0.3, 0.4) is 0 Å². The van der Waals surface area contributed by atoms with Gasteiger partial charge in [-0.15, -0.1) is 0 Å². The van der Waals surface area contributed by atoms with E-state index in [9.17, 15) is 19.1 Å². The normalized spacial score (nSPS) is 18.8. The van der Waals surface area contributed by atoms with Crippen molar-refractivity contribution in [2.45, 2.75) is 26.1 Å². The molecule has 4 rings (SSSR count). The molecule has 158 valence electrons. The summed E-state index contributed by atoms with van der Waals surface area (Å²) in [4.78, 5) is 26.0. The van der Waals surface area contributed by atoms with E-state index in [1.807, 2.05) is 50.3 Å². The van der Waals surface area contributed by atoms with Gasteiger partial charge in [0.15, 0.2) is 0 Å². The number of amides is 1. The maximum absolute atomic E-state index is 13.5. The highest BCUT2D eigenvalue weighted by Crippen LogP contribution is 2.30. The second-order valence-electron chi connectivity index (χ2n) is 7.59. The highest BCUT2D eigenvalue weighted by molar-refractivity contribution is 5.98. The lowest BCUT2D eigenvalue weighted by molar-refractivity contribution is -0.125. The van der Waals surface area contributed by atoms with Gasteiger partial charge in [0.25, 0.3) is 5.91 Å². The van der Waals surface area contributed by atoms with Gasteiger partial charge in [-0.25, -0.2) is 9.18 Å². The number of rotatable bonds is 5. The zero-order chi connectivity index (χ0) is 22.1. The SMILES string of the molecule is CC1=CN2C(=O)C=C(c3ccccc3)NC2C([C@@H](C)Nc2ccc(F)cc2C(=O)O)=C1. The van der Waals surface area contributed by atoms with E-state index in [2.05, 4.69) is 10.6 Å². The Bertz CT molecular complexity index is 1140. The van der Waals surface area contributed by atoms with Crippen LogP contribution in [-0.2, 0) is 4.79 Å². The summed E-state index contributed by atoms with van der Waals surface area (Å²) in [6.45, 7) is 3.78. The molecule has 6 nitrogen and oxygen atoms in total. The Morgan fingerprint density at radius 3 is 2.65 bits per heavy atom. The number of carboxylic acids is 1. The van der Waals surface area contributed by atoms with Crippen LogP contribution < -0.4 is 10.6 Å². The molecule has 2 aliphatic rings. The number of hydrogen-bond donors (Lipinski definition) is 3. The quantitative estimate of drug-likeness (QED) is 0.683. The summed E-state index contributed by atoms with van der Waals surface area (Å²) in [6, 6.07) is 12.8. The van der Waals surface area contributed by atoms with Gasteiger partial charge in [0.05, 0.1) is 5.56 Å². The fourth-order valence-corrected chi connectivity index (χ4v) is 3.85. The number of carboxylic acid groups (broad SMARTS) is 1. The third-order valence-electron chi connectivity index (χ3n) is 5.31. The Morgan fingerprint density at radius 1 is 1.19 bits per heavy atom. The average Bonchev–Trinajstić information content (AvgIpc) is 2.75. The van der Waals surface area contributed by atoms with Crippen molar-refractivity contribution >= 4 is 23.3 Å². The Hall–Kier alpha value is -3.87. The molecule has 0 fully saturated rings. The second kappa shape index (κ2) is 8.10. The molecule has 0 aromatic heterocycles. The molecular formula is C24H22FN3O3. The standard InChI is InChI=1S/C24H22FN3O3/c1-14-10-18(15(2)26-20-9-8-17(25)11-19(20)24(30)31)23-27-21(12-22(29)28(23)13-14)16-6-4-3-5-7-16/h3-13,15,23,26-27H,1-2H3,(H,30,31)/t15-,23?/m1/s1. The summed E-state index contributed by atoms with van der Waals surface area (Å²) in [6.07, 6.45) is 4.89. The molecule has 0 saturated carbocycles. The minimum atomic E-state index is -1.22. The van der Waals surface area contributed by atoms with Gasteiger partial charge in [-0.05, 0) is 48.8 Å². The molecule has 31 heavy (non-hydrogen) atoms.